The van der Waals surface area contributed by atoms with Crippen molar-refractivity contribution >= 4 is 16.8 Å². The van der Waals surface area contributed by atoms with Gasteiger partial charge in [0.2, 0.25) is 0 Å². The van der Waals surface area contributed by atoms with E-state index in [1.54, 1.807) is 6.20 Å². The van der Waals surface area contributed by atoms with E-state index < -0.39 is 0 Å². The highest BCUT2D eigenvalue weighted by molar-refractivity contribution is 5.94. The Hall–Kier alpha value is -2.69. The largest absolute Gasteiger partial charge is 0.349 e. The molecule has 122 valence electrons. The molecule has 1 aliphatic heterocycles. The lowest BCUT2D eigenvalue weighted by molar-refractivity contribution is 0.0493. The number of fused-ring (bicyclic) bond motifs is 1. The molecule has 3 aromatic rings. The predicted molar refractivity (Wildman–Crippen MR) is 92.8 cm³/mol. The standard InChI is InChI=1S/C19H20N4O/c1-13-4-3-7-21-17(13)19(24)23-11-14(12-23)10-16-18-15(5-8-20-16)6-9-22(18)2/h3-9,14H,10-12H2,1-2H3. The van der Waals surface area contributed by atoms with Gasteiger partial charge < -0.3 is 9.47 Å². The molecule has 5 nitrogen and oxygen atoms in total. The molecule has 3 aromatic heterocycles. The van der Waals surface area contributed by atoms with Gasteiger partial charge in [0.15, 0.2) is 0 Å². The number of likely N-dealkylation sites (tertiary alicyclic amines) is 1. The summed E-state index contributed by atoms with van der Waals surface area (Å²) in [5.41, 5.74) is 3.81. The second kappa shape index (κ2) is 5.74. The molecule has 0 aliphatic carbocycles. The monoisotopic (exact) mass is 320 g/mol. The quantitative estimate of drug-likeness (QED) is 0.745. The van der Waals surface area contributed by atoms with Crippen molar-refractivity contribution in [3.05, 3.63) is 59.8 Å². The molecule has 5 heteroatoms. The van der Waals surface area contributed by atoms with E-state index in [4.69, 9.17) is 0 Å². The molecule has 0 atom stereocenters. The van der Waals surface area contributed by atoms with E-state index in [2.05, 4.69) is 26.8 Å². The lowest BCUT2D eigenvalue weighted by atomic mass is 9.93. The lowest BCUT2D eigenvalue weighted by Gasteiger charge is -2.39. The first-order chi connectivity index (χ1) is 11.6. The Morgan fingerprint density at radius 1 is 1.21 bits per heavy atom. The first kappa shape index (κ1) is 14.9. The van der Waals surface area contributed by atoms with Gasteiger partial charge in [0.05, 0.1) is 11.2 Å². The van der Waals surface area contributed by atoms with Crippen molar-refractivity contribution in [3.8, 4) is 0 Å². The Kier molecular flexibility index (Phi) is 3.56. The van der Waals surface area contributed by atoms with E-state index in [9.17, 15) is 4.79 Å². The molecule has 0 unspecified atom stereocenters. The zero-order valence-corrected chi connectivity index (χ0v) is 13.9. The Bertz CT molecular complexity index is 909. The smallest absolute Gasteiger partial charge is 0.272 e. The third kappa shape index (κ3) is 2.46. The molecule has 4 heterocycles. The summed E-state index contributed by atoms with van der Waals surface area (Å²) >= 11 is 0. The summed E-state index contributed by atoms with van der Waals surface area (Å²) in [5.74, 6) is 0.500. The average molecular weight is 320 g/mol. The van der Waals surface area contributed by atoms with E-state index in [1.807, 2.05) is 43.3 Å². The van der Waals surface area contributed by atoms with Crippen LogP contribution in [-0.2, 0) is 13.5 Å². The van der Waals surface area contributed by atoms with Gasteiger partial charge >= 0.3 is 0 Å². The van der Waals surface area contributed by atoms with Crippen LogP contribution < -0.4 is 0 Å². The maximum Gasteiger partial charge on any atom is 0.272 e. The third-order valence-corrected chi connectivity index (χ3v) is 4.80. The minimum Gasteiger partial charge on any atom is -0.349 e. The molecule has 24 heavy (non-hydrogen) atoms. The third-order valence-electron chi connectivity index (χ3n) is 4.80. The van der Waals surface area contributed by atoms with E-state index in [0.717, 1.165) is 30.8 Å². The van der Waals surface area contributed by atoms with Crippen LogP contribution in [-0.4, -0.2) is 38.4 Å². The number of carbonyl (C=O) groups is 1. The van der Waals surface area contributed by atoms with Gasteiger partial charge in [-0.05, 0) is 43.0 Å². The van der Waals surface area contributed by atoms with Crippen LogP contribution in [0.5, 0.6) is 0 Å². The van der Waals surface area contributed by atoms with Crippen molar-refractivity contribution in [1.82, 2.24) is 19.4 Å². The van der Waals surface area contributed by atoms with Gasteiger partial charge in [0.1, 0.15) is 5.69 Å². The van der Waals surface area contributed by atoms with Gasteiger partial charge in [-0.3, -0.25) is 14.8 Å². The van der Waals surface area contributed by atoms with Crippen LogP contribution >= 0.6 is 0 Å². The molecular weight excluding hydrogens is 300 g/mol. The Morgan fingerprint density at radius 2 is 2.04 bits per heavy atom. The highest BCUT2D eigenvalue weighted by Crippen LogP contribution is 2.25. The van der Waals surface area contributed by atoms with Crippen molar-refractivity contribution in [3.63, 3.8) is 0 Å². The van der Waals surface area contributed by atoms with Crippen LogP contribution in [0.15, 0.2) is 42.9 Å². The Balaban J connectivity index is 1.45. The molecule has 1 fully saturated rings. The van der Waals surface area contributed by atoms with Crippen molar-refractivity contribution in [2.24, 2.45) is 13.0 Å². The van der Waals surface area contributed by atoms with Crippen LogP contribution in [0.25, 0.3) is 10.9 Å². The molecule has 0 spiro atoms. The summed E-state index contributed by atoms with van der Waals surface area (Å²) in [6, 6.07) is 7.94. The van der Waals surface area contributed by atoms with Crippen molar-refractivity contribution in [1.29, 1.82) is 0 Å². The van der Waals surface area contributed by atoms with E-state index in [-0.39, 0.29) is 5.91 Å². The van der Waals surface area contributed by atoms with Crippen LogP contribution in [0.2, 0.25) is 0 Å². The number of amides is 1. The molecule has 0 N–H and O–H groups in total. The lowest BCUT2D eigenvalue weighted by Crippen LogP contribution is -2.51. The predicted octanol–water partition coefficient (Wildman–Crippen LogP) is 2.59. The van der Waals surface area contributed by atoms with E-state index in [0.29, 0.717) is 11.6 Å². The molecule has 4 rings (SSSR count). The van der Waals surface area contributed by atoms with Crippen molar-refractivity contribution < 1.29 is 4.79 Å². The summed E-state index contributed by atoms with van der Waals surface area (Å²) in [4.78, 5) is 23.2. The van der Waals surface area contributed by atoms with Crippen LogP contribution in [0.4, 0.5) is 0 Å². The summed E-state index contributed by atoms with van der Waals surface area (Å²) in [7, 11) is 2.05. The minimum absolute atomic E-state index is 0.0365. The molecular formula is C19H20N4O. The number of rotatable bonds is 3. The van der Waals surface area contributed by atoms with Crippen LogP contribution in [0.1, 0.15) is 21.7 Å². The number of hydrogen-bond donors (Lipinski definition) is 0. The van der Waals surface area contributed by atoms with E-state index >= 15 is 0 Å². The zero-order chi connectivity index (χ0) is 16.7. The fraction of sp³-hybridized carbons (Fsp3) is 0.316. The van der Waals surface area contributed by atoms with Gasteiger partial charge in [-0.25, -0.2) is 0 Å². The summed E-state index contributed by atoms with van der Waals surface area (Å²) in [6.45, 7) is 3.48. The molecule has 0 saturated carbocycles. The van der Waals surface area contributed by atoms with Gasteiger partial charge in [-0.15, -0.1) is 0 Å². The second-order valence-corrected chi connectivity index (χ2v) is 6.57. The zero-order valence-electron chi connectivity index (χ0n) is 13.9. The van der Waals surface area contributed by atoms with Gasteiger partial charge in [-0.1, -0.05) is 6.07 Å². The molecule has 0 bridgehead atoms. The highest BCUT2D eigenvalue weighted by Gasteiger charge is 2.33. The van der Waals surface area contributed by atoms with Gasteiger partial charge in [-0.2, -0.15) is 0 Å². The Labute approximate surface area is 140 Å². The van der Waals surface area contributed by atoms with Crippen LogP contribution in [0.3, 0.4) is 0 Å². The number of aromatic nitrogens is 3. The molecule has 1 amide bonds. The summed E-state index contributed by atoms with van der Waals surface area (Å²) in [6.07, 6.45) is 6.52. The summed E-state index contributed by atoms with van der Waals surface area (Å²) in [5, 5.41) is 1.22. The Morgan fingerprint density at radius 3 is 2.83 bits per heavy atom. The minimum atomic E-state index is 0.0365. The topological polar surface area (TPSA) is 51.0 Å². The molecule has 0 radical (unpaired) electrons. The number of hydrogen-bond acceptors (Lipinski definition) is 3. The van der Waals surface area contributed by atoms with Crippen LogP contribution in [0, 0.1) is 12.8 Å². The maximum atomic E-state index is 12.5. The SMILES string of the molecule is Cc1cccnc1C(=O)N1CC(Cc2nccc3ccn(C)c23)C1. The molecule has 0 aromatic carbocycles. The second-order valence-electron chi connectivity index (χ2n) is 6.57. The van der Waals surface area contributed by atoms with Gasteiger partial charge in [0, 0.05) is 44.1 Å². The fourth-order valence-corrected chi connectivity index (χ4v) is 3.47. The number of aryl methyl sites for hydroxylation is 2. The van der Waals surface area contributed by atoms with E-state index in [1.165, 1.54) is 10.9 Å². The number of nitrogens with zero attached hydrogens (tertiary/aromatic N) is 4. The average Bonchev–Trinajstić information content (AvgIpc) is 2.93. The van der Waals surface area contributed by atoms with Gasteiger partial charge in [0.25, 0.3) is 5.91 Å². The molecule has 1 aliphatic rings. The summed E-state index contributed by atoms with van der Waals surface area (Å²) < 4.78 is 2.12. The van der Waals surface area contributed by atoms with Crippen molar-refractivity contribution in [2.45, 2.75) is 13.3 Å². The molecule has 1 saturated heterocycles. The highest BCUT2D eigenvalue weighted by atomic mass is 16.2. The van der Waals surface area contributed by atoms with Crippen molar-refractivity contribution in [2.75, 3.05) is 13.1 Å². The number of pyridine rings is 2. The number of carbonyl (C=O) groups excluding carboxylic acids is 1. The fourth-order valence-electron chi connectivity index (χ4n) is 3.47. The first-order valence-electron chi connectivity index (χ1n) is 8.23. The maximum absolute atomic E-state index is 12.5. The normalized spacial score (nSPS) is 14.8. The first-order valence-corrected chi connectivity index (χ1v) is 8.23.